The second kappa shape index (κ2) is 8.65. The maximum Gasteiger partial charge on any atom is 0.256 e. The number of likely N-dealkylation sites (tertiary alicyclic amines) is 1. The van der Waals surface area contributed by atoms with Crippen LogP contribution < -0.4 is 4.74 Å². The van der Waals surface area contributed by atoms with Crippen molar-refractivity contribution in [2.45, 2.75) is 32.7 Å². The van der Waals surface area contributed by atoms with Gasteiger partial charge in [-0.25, -0.2) is 14.1 Å². The summed E-state index contributed by atoms with van der Waals surface area (Å²) < 4.78 is 20.5. The lowest BCUT2D eigenvalue weighted by molar-refractivity contribution is 0.0502. The number of aromatic nitrogens is 3. The zero-order valence-electron chi connectivity index (χ0n) is 17.2. The van der Waals surface area contributed by atoms with Crippen LogP contribution in [0.3, 0.4) is 0 Å². The second-order valence-corrected chi connectivity index (χ2v) is 7.85. The van der Waals surface area contributed by atoms with E-state index in [4.69, 9.17) is 4.74 Å². The average Bonchev–Trinajstić information content (AvgIpc) is 3.28. The van der Waals surface area contributed by atoms with Crippen LogP contribution in [0.1, 0.15) is 35.7 Å². The molecule has 0 radical (unpaired) electrons. The molecular weight excluding hydrogens is 383 g/mol. The van der Waals surface area contributed by atoms with Crippen LogP contribution in [0.4, 0.5) is 4.39 Å². The van der Waals surface area contributed by atoms with Crippen LogP contribution in [-0.4, -0.2) is 44.8 Å². The smallest absolute Gasteiger partial charge is 0.256 e. The number of benzene rings is 1. The Morgan fingerprint density at radius 2 is 2.13 bits per heavy atom. The minimum Gasteiger partial charge on any atom is -0.477 e. The number of piperidine rings is 1. The first-order valence-electron chi connectivity index (χ1n) is 10.2. The van der Waals surface area contributed by atoms with Crippen LogP contribution in [0.2, 0.25) is 0 Å². The summed E-state index contributed by atoms with van der Waals surface area (Å²) in [4.78, 5) is 19.4. The Balaban J connectivity index is 1.50. The molecule has 3 heterocycles. The van der Waals surface area contributed by atoms with Gasteiger partial charge in [0.25, 0.3) is 5.91 Å². The van der Waals surface area contributed by atoms with Gasteiger partial charge in [-0.3, -0.25) is 4.79 Å². The van der Waals surface area contributed by atoms with Gasteiger partial charge in [0.1, 0.15) is 5.82 Å². The van der Waals surface area contributed by atoms with Gasteiger partial charge in [0.05, 0.1) is 24.1 Å². The molecule has 0 N–H and O–H groups in total. The van der Waals surface area contributed by atoms with Gasteiger partial charge in [-0.15, -0.1) is 0 Å². The molecule has 1 fully saturated rings. The minimum absolute atomic E-state index is 0.00121. The van der Waals surface area contributed by atoms with Crippen LogP contribution in [0.5, 0.6) is 5.88 Å². The zero-order chi connectivity index (χ0) is 21.1. The Labute approximate surface area is 175 Å². The van der Waals surface area contributed by atoms with Crippen molar-refractivity contribution in [1.29, 1.82) is 0 Å². The molecule has 6 nitrogen and oxygen atoms in total. The third-order valence-electron chi connectivity index (χ3n) is 5.54. The number of ether oxygens (including phenoxy) is 1. The molecule has 3 aromatic rings. The summed E-state index contributed by atoms with van der Waals surface area (Å²) in [5, 5.41) is 4.30. The predicted molar refractivity (Wildman–Crippen MR) is 111 cm³/mol. The standard InChI is InChI=1S/C23H25FN4O2/c1-16-4-8-21(28-11-3-10-26-28)20(12-16)23(29)27-14-18(6-5-17(27)2)15-30-22-9-7-19(24)13-25-22/h3-4,7-13,17-18H,5-6,14-15H2,1-2H3. The van der Waals surface area contributed by atoms with Crippen LogP contribution in [0.25, 0.3) is 5.69 Å². The number of carbonyl (C=O) groups excluding carboxylic acids is 1. The highest BCUT2D eigenvalue weighted by Crippen LogP contribution is 2.27. The third-order valence-corrected chi connectivity index (χ3v) is 5.54. The van der Waals surface area contributed by atoms with Crippen molar-refractivity contribution < 1.29 is 13.9 Å². The summed E-state index contributed by atoms with van der Waals surface area (Å²) in [5.74, 6) is 0.195. The number of halogens is 1. The molecule has 0 bridgehead atoms. The molecule has 1 aliphatic rings. The van der Waals surface area contributed by atoms with Crippen molar-refractivity contribution in [3.05, 3.63) is 71.9 Å². The van der Waals surface area contributed by atoms with Crippen LogP contribution in [0, 0.1) is 18.7 Å². The largest absolute Gasteiger partial charge is 0.477 e. The molecule has 30 heavy (non-hydrogen) atoms. The number of carbonyl (C=O) groups is 1. The van der Waals surface area contributed by atoms with E-state index in [1.807, 2.05) is 42.3 Å². The van der Waals surface area contributed by atoms with E-state index in [-0.39, 0.29) is 17.9 Å². The molecule has 2 atom stereocenters. The Hall–Kier alpha value is -3.22. The second-order valence-electron chi connectivity index (χ2n) is 7.85. The van der Waals surface area contributed by atoms with Gasteiger partial charge < -0.3 is 9.64 Å². The molecule has 2 aromatic heterocycles. The van der Waals surface area contributed by atoms with Crippen molar-refractivity contribution >= 4 is 5.91 Å². The first-order valence-corrected chi connectivity index (χ1v) is 10.2. The SMILES string of the molecule is Cc1ccc(-n2cccn2)c(C(=O)N2CC(COc3ccc(F)cn3)CCC2C)c1. The zero-order valence-corrected chi connectivity index (χ0v) is 17.2. The van der Waals surface area contributed by atoms with E-state index in [0.717, 1.165) is 30.3 Å². The maximum absolute atomic E-state index is 13.5. The summed E-state index contributed by atoms with van der Waals surface area (Å²) in [6.07, 6.45) is 6.55. The summed E-state index contributed by atoms with van der Waals surface area (Å²) in [7, 11) is 0. The fourth-order valence-electron chi connectivity index (χ4n) is 3.84. The molecule has 0 aliphatic carbocycles. The molecule has 0 saturated carbocycles. The van der Waals surface area contributed by atoms with Crippen molar-refractivity contribution in [3.8, 4) is 11.6 Å². The molecule has 0 spiro atoms. The molecule has 4 rings (SSSR count). The molecule has 1 aromatic carbocycles. The molecule has 1 aliphatic heterocycles. The quantitative estimate of drug-likeness (QED) is 0.639. The van der Waals surface area contributed by atoms with Gasteiger partial charge in [0.2, 0.25) is 5.88 Å². The summed E-state index contributed by atoms with van der Waals surface area (Å²) in [6.45, 7) is 5.11. The Kier molecular flexibility index (Phi) is 5.79. The van der Waals surface area contributed by atoms with Gasteiger partial charge in [0.15, 0.2) is 0 Å². The Bertz CT molecular complexity index is 1000. The van der Waals surface area contributed by atoms with E-state index < -0.39 is 5.82 Å². The van der Waals surface area contributed by atoms with E-state index in [1.165, 1.54) is 12.1 Å². The van der Waals surface area contributed by atoms with Crippen LogP contribution in [-0.2, 0) is 0 Å². The first kappa shape index (κ1) is 20.1. The van der Waals surface area contributed by atoms with Crippen molar-refractivity contribution in [3.63, 3.8) is 0 Å². The lowest BCUT2D eigenvalue weighted by Gasteiger charge is -2.38. The lowest BCUT2D eigenvalue weighted by Crippen LogP contribution is -2.47. The fraction of sp³-hybridized carbons (Fsp3) is 0.348. The van der Waals surface area contributed by atoms with E-state index in [1.54, 1.807) is 10.9 Å². The Morgan fingerprint density at radius 3 is 2.87 bits per heavy atom. The topological polar surface area (TPSA) is 60.2 Å². The monoisotopic (exact) mass is 408 g/mol. The van der Waals surface area contributed by atoms with Crippen molar-refractivity contribution in [2.75, 3.05) is 13.2 Å². The number of hydrogen-bond donors (Lipinski definition) is 0. The number of amides is 1. The molecule has 7 heteroatoms. The minimum atomic E-state index is -0.392. The van der Waals surface area contributed by atoms with Gasteiger partial charge in [0, 0.05) is 37.0 Å². The third kappa shape index (κ3) is 4.35. The van der Waals surface area contributed by atoms with Gasteiger partial charge in [-0.05, 0) is 51.0 Å². The molecule has 1 saturated heterocycles. The van der Waals surface area contributed by atoms with E-state index in [9.17, 15) is 9.18 Å². The number of hydrogen-bond acceptors (Lipinski definition) is 4. The number of aryl methyl sites for hydroxylation is 1. The highest BCUT2D eigenvalue weighted by atomic mass is 19.1. The van der Waals surface area contributed by atoms with Crippen molar-refractivity contribution in [2.24, 2.45) is 5.92 Å². The predicted octanol–water partition coefficient (Wildman–Crippen LogP) is 4.03. The molecule has 2 unspecified atom stereocenters. The van der Waals surface area contributed by atoms with Crippen LogP contribution >= 0.6 is 0 Å². The number of rotatable bonds is 5. The number of pyridine rings is 1. The average molecular weight is 408 g/mol. The molecular formula is C23H25FN4O2. The normalized spacial score (nSPS) is 19.0. The van der Waals surface area contributed by atoms with E-state index in [2.05, 4.69) is 17.0 Å². The maximum atomic E-state index is 13.5. The van der Waals surface area contributed by atoms with Crippen molar-refractivity contribution in [1.82, 2.24) is 19.7 Å². The van der Waals surface area contributed by atoms with E-state index >= 15 is 0 Å². The van der Waals surface area contributed by atoms with E-state index in [0.29, 0.717) is 24.6 Å². The molecule has 1 amide bonds. The Morgan fingerprint density at radius 1 is 1.27 bits per heavy atom. The summed E-state index contributed by atoms with van der Waals surface area (Å²) in [5.41, 5.74) is 2.45. The highest BCUT2D eigenvalue weighted by molar-refractivity contribution is 5.98. The summed E-state index contributed by atoms with van der Waals surface area (Å²) >= 11 is 0. The van der Waals surface area contributed by atoms with Gasteiger partial charge >= 0.3 is 0 Å². The molecule has 156 valence electrons. The van der Waals surface area contributed by atoms with Gasteiger partial charge in [-0.2, -0.15) is 5.10 Å². The highest BCUT2D eigenvalue weighted by Gasteiger charge is 2.31. The lowest BCUT2D eigenvalue weighted by atomic mass is 9.93. The first-order chi connectivity index (χ1) is 14.5. The summed E-state index contributed by atoms with van der Waals surface area (Å²) in [6, 6.07) is 10.7. The number of nitrogens with zero attached hydrogens (tertiary/aromatic N) is 4. The fourth-order valence-corrected chi connectivity index (χ4v) is 3.84. The van der Waals surface area contributed by atoms with Crippen LogP contribution in [0.15, 0.2) is 55.0 Å². The van der Waals surface area contributed by atoms with Gasteiger partial charge in [-0.1, -0.05) is 11.6 Å².